The van der Waals surface area contributed by atoms with E-state index in [2.05, 4.69) is 5.32 Å². The number of carbonyl (C=O) groups excluding carboxylic acids is 3. The third-order valence-electron chi connectivity index (χ3n) is 2.94. The van der Waals surface area contributed by atoms with Gasteiger partial charge in [-0.25, -0.2) is 4.79 Å². The standard InChI is InChI=1S/C15H16N2O6/c1-9(23-15(20)12-8-21-6-7-22-12)14(19)17-11-4-2-10(3-5-11)13(16)18/h2-5,8-9H,6-7H2,1H3,(H2,16,18)(H,17,19). The Hall–Kier alpha value is -3.03. The summed E-state index contributed by atoms with van der Waals surface area (Å²) in [6.45, 7) is 2.02. The van der Waals surface area contributed by atoms with Gasteiger partial charge in [-0.05, 0) is 31.2 Å². The number of primary amides is 1. The second-order valence-electron chi connectivity index (χ2n) is 4.68. The third kappa shape index (κ3) is 4.47. The van der Waals surface area contributed by atoms with Crippen LogP contribution >= 0.6 is 0 Å². The first kappa shape index (κ1) is 16.3. The molecule has 1 unspecified atom stereocenters. The van der Waals surface area contributed by atoms with E-state index in [1.807, 2.05) is 0 Å². The molecule has 1 atom stereocenters. The molecule has 1 aromatic rings. The van der Waals surface area contributed by atoms with E-state index in [-0.39, 0.29) is 12.4 Å². The van der Waals surface area contributed by atoms with Crippen molar-refractivity contribution in [1.82, 2.24) is 0 Å². The molecule has 0 radical (unpaired) electrons. The van der Waals surface area contributed by atoms with Gasteiger partial charge in [-0.2, -0.15) is 0 Å². The van der Waals surface area contributed by atoms with Crippen molar-refractivity contribution in [1.29, 1.82) is 0 Å². The Morgan fingerprint density at radius 2 is 1.91 bits per heavy atom. The van der Waals surface area contributed by atoms with Crippen molar-refractivity contribution in [3.05, 3.63) is 41.9 Å². The summed E-state index contributed by atoms with van der Waals surface area (Å²) in [5, 5.41) is 2.56. The van der Waals surface area contributed by atoms with Gasteiger partial charge >= 0.3 is 5.97 Å². The summed E-state index contributed by atoms with van der Waals surface area (Å²) in [7, 11) is 0. The molecule has 122 valence electrons. The minimum atomic E-state index is -1.04. The number of amides is 2. The van der Waals surface area contributed by atoms with E-state index in [0.29, 0.717) is 17.9 Å². The molecule has 0 spiro atoms. The number of hydrogen-bond acceptors (Lipinski definition) is 6. The zero-order chi connectivity index (χ0) is 16.8. The lowest BCUT2D eigenvalue weighted by molar-refractivity contribution is -0.153. The molecule has 0 bridgehead atoms. The zero-order valence-electron chi connectivity index (χ0n) is 12.4. The van der Waals surface area contributed by atoms with Crippen LogP contribution in [-0.4, -0.2) is 37.1 Å². The first-order valence-corrected chi connectivity index (χ1v) is 6.83. The van der Waals surface area contributed by atoms with E-state index in [1.165, 1.54) is 31.2 Å². The fraction of sp³-hybridized carbons (Fsp3) is 0.267. The second kappa shape index (κ2) is 7.30. The normalized spacial score (nSPS) is 14.6. The Labute approximate surface area is 132 Å². The van der Waals surface area contributed by atoms with Crippen LogP contribution in [0.1, 0.15) is 17.3 Å². The fourth-order valence-corrected chi connectivity index (χ4v) is 1.71. The van der Waals surface area contributed by atoms with Gasteiger partial charge in [-0.1, -0.05) is 0 Å². The van der Waals surface area contributed by atoms with Crippen LogP contribution in [0, 0.1) is 0 Å². The fourth-order valence-electron chi connectivity index (χ4n) is 1.71. The number of carbonyl (C=O) groups is 3. The molecule has 8 nitrogen and oxygen atoms in total. The van der Waals surface area contributed by atoms with Gasteiger partial charge in [0.2, 0.25) is 11.7 Å². The van der Waals surface area contributed by atoms with E-state index in [0.717, 1.165) is 6.26 Å². The van der Waals surface area contributed by atoms with Crippen LogP contribution in [0.4, 0.5) is 5.69 Å². The predicted molar refractivity (Wildman–Crippen MR) is 79.1 cm³/mol. The molecule has 1 aromatic carbocycles. The molecule has 0 fully saturated rings. The van der Waals surface area contributed by atoms with Crippen molar-refractivity contribution < 1.29 is 28.6 Å². The molecule has 2 amide bonds. The minimum absolute atomic E-state index is 0.0817. The first-order chi connectivity index (χ1) is 11.0. The van der Waals surface area contributed by atoms with Crippen molar-refractivity contribution in [2.45, 2.75) is 13.0 Å². The lowest BCUT2D eigenvalue weighted by Crippen LogP contribution is -2.31. The van der Waals surface area contributed by atoms with Crippen LogP contribution in [0.2, 0.25) is 0 Å². The quantitative estimate of drug-likeness (QED) is 0.765. The van der Waals surface area contributed by atoms with Crippen LogP contribution in [0.15, 0.2) is 36.3 Å². The zero-order valence-corrected chi connectivity index (χ0v) is 12.4. The summed E-state index contributed by atoms with van der Waals surface area (Å²) >= 11 is 0. The SMILES string of the molecule is CC(OC(=O)C1=COCCO1)C(=O)Nc1ccc(C(N)=O)cc1. The predicted octanol–water partition coefficient (Wildman–Crippen LogP) is 0.544. The second-order valence-corrected chi connectivity index (χ2v) is 4.68. The maximum atomic E-state index is 12.0. The average Bonchev–Trinajstić information content (AvgIpc) is 2.56. The molecule has 1 heterocycles. The van der Waals surface area contributed by atoms with Crippen LogP contribution < -0.4 is 11.1 Å². The van der Waals surface area contributed by atoms with Gasteiger partial charge in [0.25, 0.3) is 5.91 Å². The summed E-state index contributed by atoms with van der Waals surface area (Å²) in [5.41, 5.74) is 5.89. The molecular weight excluding hydrogens is 304 g/mol. The number of nitrogens with one attached hydrogen (secondary N) is 1. The van der Waals surface area contributed by atoms with E-state index in [4.69, 9.17) is 19.9 Å². The number of benzene rings is 1. The van der Waals surface area contributed by atoms with Crippen LogP contribution in [0.3, 0.4) is 0 Å². The van der Waals surface area contributed by atoms with E-state index in [9.17, 15) is 14.4 Å². The minimum Gasteiger partial charge on any atom is -0.493 e. The van der Waals surface area contributed by atoms with Crippen molar-refractivity contribution in [3.63, 3.8) is 0 Å². The van der Waals surface area contributed by atoms with Crippen LogP contribution in [0.5, 0.6) is 0 Å². The topological polar surface area (TPSA) is 117 Å². The molecular formula is C15H16N2O6. The summed E-state index contributed by atoms with van der Waals surface area (Å²) in [5.74, 6) is -1.95. The van der Waals surface area contributed by atoms with Crippen molar-refractivity contribution in [3.8, 4) is 0 Å². The highest BCUT2D eigenvalue weighted by molar-refractivity contribution is 5.97. The van der Waals surface area contributed by atoms with E-state index >= 15 is 0 Å². The Morgan fingerprint density at radius 3 is 2.48 bits per heavy atom. The van der Waals surface area contributed by atoms with E-state index in [1.54, 1.807) is 0 Å². The van der Waals surface area contributed by atoms with Crippen LogP contribution in [0.25, 0.3) is 0 Å². The van der Waals surface area contributed by atoms with Gasteiger partial charge in [0.15, 0.2) is 6.10 Å². The van der Waals surface area contributed by atoms with Gasteiger partial charge in [0.05, 0.1) is 0 Å². The number of anilines is 1. The van der Waals surface area contributed by atoms with Gasteiger partial charge in [-0.3, -0.25) is 9.59 Å². The lowest BCUT2D eigenvalue weighted by Gasteiger charge is -2.17. The van der Waals surface area contributed by atoms with Crippen LogP contribution in [-0.2, 0) is 23.8 Å². The van der Waals surface area contributed by atoms with Crippen molar-refractivity contribution in [2.24, 2.45) is 5.73 Å². The molecule has 0 saturated heterocycles. The molecule has 23 heavy (non-hydrogen) atoms. The smallest absolute Gasteiger partial charge is 0.377 e. The number of nitrogens with two attached hydrogens (primary N) is 1. The maximum Gasteiger partial charge on any atom is 0.377 e. The number of hydrogen-bond donors (Lipinski definition) is 2. The van der Waals surface area contributed by atoms with Gasteiger partial charge < -0.3 is 25.3 Å². The molecule has 8 heteroatoms. The highest BCUT2D eigenvalue weighted by Gasteiger charge is 2.23. The Balaban J connectivity index is 1.90. The maximum absolute atomic E-state index is 12.0. The first-order valence-electron chi connectivity index (χ1n) is 6.83. The summed E-state index contributed by atoms with van der Waals surface area (Å²) < 4.78 is 15.0. The molecule has 3 N–H and O–H groups in total. The Bertz CT molecular complexity index is 638. The molecule has 0 saturated carbocycles. The monoisotopic (exact) mass is 320 g/mol. The number of esters is 1. The Kier molecular flexibility index (Phi) is 5.19. The molecule has 1 aliphatic rings. The summed E-state index contributed by atoms with van der Waals surface area (Å²) in [4.78, 5) is 34.7. The van der Waals surface area contributed by atoms with E-state index < -0.39 is 23.9 Å². The van der Waals surface area contributed by atoms with Crippen molar-refractivity contribution in [2.75, 3.05) is 18.5 Å². The summed E-state index contributed by atoms with van der Waals surface area (Å²) in [6.07, 6.45) is 0.115. The highest BCUT2D eigenvalue weighted by atomic mass is 16.6. The number of ether oxygens (including phenoxy) is 3. The third-order valence-corrected chi connectivity index (χ3v) is 2.94. The average molecular weight is 320 g/mol. The Morgan fingerprint density at radius 1 is 1.22 bits per heavy atom. The highest BCUT2D eigenvalue weighted by Crippen LogP contribution is 2.12. The van der Waals surface area contributed by atoms with Crippen molar-refractivity contribution >= 4 is 23.5 Å². The number of rotatable bonds is 5. The molecule has 0 aliphatic carbocycles. The van der Waals surface area contributed by atoms with Gasteiger partial charge in [0.1, 0.15) is 19.5 Å². The molecule has 0 aromatic heterocycles. The molecule has 1 aliphatic heterocycles. The molecule has 2 rings (SSSR count). The van der Waals surface area contributed by atoms with Gasteiger partial charge in [-0.15, -0.1) is 0 Å². The largest absolute Gasteiger partial charge is 0.493 e. The summed E-state index contributed by atoms with van der Waals surface area (Å²) in [6, 6.07) is 6.00. The van der Waals surface area contributed by atoms with Gasteiger partial charge in [0, 0.05) is 11.3 Å². The lowest BCUT2D eigenvalue weighted by atomic mass is 10.2.